The summed E-state index contributed by atoms with van der Waals surface area (Å²) in [4.78, 5) is 4.23. The van der Waals surface area contributed by atoms with Gasteiger partial charge in [0, 0.05) is 28.8 Å². The molecule has 0 saturated carbocycles. The van der Waals surface area contributed by atoms with Crippen molar-refractivity contribution in [1.82, 2.24) is 4.98 Å². The molecule has 2 aromatic rings. The van der Waals surface area contributed by atoms with Crippen molar-refractivity contribution >= 4 is 15.9 Å². The second-order valence-corrected chi connectivity index (χ2v) is 5.73. The van der Waals surface area contributed by atoms with E-state index < -0.39 is 17.8 Å². The molecule has 0 amide bonds. The molecule has 2 rings (SSSR count). The van der Waals surface area contributed by atoms with Crippen molar-refractivity contribution in [2.24, 2.45) is 5.73 Å². The molecule has 1 aromatic carbocycles. The fourth-order valence-corrected chi connectivity index (χ4v) is 2.50. The average Bonchev–Trinajstić information content (AvgIpc) is 2.40. The lowest BCUT2D eigenvalue weighted by Crippen LogP contribution is -2.16. The van der Waals surface area contributed by atoms with Crippen molar-refractivity contribution in [2.75, 3.05) is 0 Å². The van der Waals surface area contributed by atoms with Gasteiger partial charge in [0.2, 0.25) is 0 Å². The zero-order valence-corrected chi connectivity index (χ0v) is 12.9. The lowest BCUT2D eigenvalue weighted by atomic mass is 10.00. The van der Waals surface area contributed by atoms with Crippen molar-refractivity contribution in [2.45, 2.75) is 25.6 Å². The summed E-state index contributed by atoms with van der Waals surface area (Å²) in [7, 11) is 0. The van der Waals surface area contributed by atoms with Gasteiger partial charge < -0.3 is 5.73 Å². The Balaban J connectivity index is 2.26. The predicted octanol–water partition coefficient (Wildman–Crippen LogP) is 4.41. The zero-order chi connectivity index (χ0) is 15.6. The molecule has 1 aromatic heterocycles. The molecule has 112 valence electrons. The molecule has 0 spiro atoms. The molecule has 0 aliphatic rings. The zero-order valence-electron chi connectivity index (χ0n) is 11.3. The minimum atomic E-state index is -4.38. The SMILES string of the molecule is Cc1ccc(CC(N)c2cc(C(F)(F)F)ccc2Br)nc1. The van der Waals surface area contributed by atoms with E-state index in [1.807, 2.05) is 19.1 Å². The van der Waals surface area contributed by atoms with E-state index in [1.54, 1.807) is 6.20 Å². The van der Waals surface area contributed by atoms with Gasteiger partial charge in [-0.15, -0.1) is 0 Å². The Bertz CT molecular complexity index is 624. The maximum Gasteiger partial charge on any atom is 0.416 e. The van der Waals surface area contributed by atoms with Crippen LogP contribution in [0.25, 0.3) is 0 Å². The summed E-state index contributed by atoms with van der Waals surface area (Å²) in [5.74, 6) is 0. The van der Waals surface area contributed by atoms with Gasteiger partial charge in [-0.05, 0) is 42.3 Å². The second-order valence-electron chi connectivity index (χ2n) is 4.87. The monoisotopic (exact) mass is 358 g/mol. The Hall–Kier alpha value is -1.40. The molecule has 1 heterocycles. The van der Waals surface area contributed by atoms with Gasteiger partial charge in [0.1, 0.15) is 0 Å². The Morgan fingerprint density at radius 3 is 2.52 bits per heavy atom. The highest BCUT2D eigenvalue weighted by Gasteiger charge is 2.31. The van der Waals surface area contributed by atoms with E-state index in [2.05, 4.69) is 20.9 Å². The van der Waals surface area contributed by atoms with Crippen LogP contribution in [0.5, 0.6) is 0 Å². The third-order valence-electron chi connectivity index (χ3n) is 3.12. The van der Waals surface area contributed by atoms with E-state index in [4.69, 9.17) is 5.73 Å². The van der Waals surface area contributed by atoms with E-state index in [0.29, 0.717) is 16.5 Å². The Morgan fingerprint density at radius 2 is 1.95 bits per heavy atom. The van der Waals surface area contributed by atoms with Crippen LogP contribution in [0.3, 0.4) is 0 Å². The van der Waals surface area contributed by atoms with Gasteiger partial charge in [-0.2, -0.15) is 13.2 Å². The average molecular weight is 359 g/mol. The fourth-order valence-electron chi connectivity index (χ4n) is 1.96. The number of rotatable bonds is 3. The van der Waals surface area contributed by atoms with Gasteiger partial charge in [-0.1, -0.05) is 22.0 Å². The number of pyridine rings is 1. The molecular formula is C15H14BrF3N2. The molecule has 21 heavy (non-hydrogen) atoms. The van der Waals surface area contributed by atoms with Gasteiger partial charge in [-0.25, -0.2) is 0 Å². The van der Waals surface area contributed by atoms with Crippen LogP contribution in [0.4, 0.5) is 13.2 Å². The van der Waals surface area contributed by atoms with Crippen molar-refractivity contribution in [1.29, 1.82) is 0 Å². The summed E-state index contributed by atoms with van der Waals surface area (Å²) >= 11 is 3.26. The Labute approximate surface area is 129 Å². The first-order valence-corrected chi connectivity index (χ1v) is 7.10. The summed E-state index contributed by atoms with van der Waals surface area (Å²) in [6, 6.07) is 6.66. The molecule has 6 heteroatoms. The smallest absolute Gasteiger partial charge is 0.324 e. The lowest BCUT2D eigenvalue weighted by molar-refractivity contribution is -0.137. The summed E-state index contributed by atoms with van der Waals surface area (Å²) in [5.41, 5.74) is 7.53. The maximum absolute atomic E-state index is 12.8. The van der Waals surface area contributed by atoms with E-state index in [0.717, 1.165) is 23.4 Å². The highest BCUT2D eigenvalue weighted by molar-refractivity contribution is 9.10. The van der Waals surface area contributed by atoms with Crippen LogP contribution >= 0.6 is 15.9 Å². The molecule has 1 atom stereocenters. The number of aryl methyl sites for hydroxylation is 1. The molecule has 1 unspecified atom stereocenters. The van der Waals surface area contributed by atoms with E-state index in [1.165, 1.54) is 6.07 Å². The number of halogens is 4. The van der Waals surface area contributed by atoms with Crippen molar-refractivity contribution in [3.8, 4) is 0 Å². The van der Waals surface area contributed by atoms with Gasteiger partial charge in [0.25, 0.3) is 0 Å². The quantitative estimate of drug-likeness (QED) is 0.882. The van der Waals surface area contributed by atoms with Crippen LogP contribution in [0, 0.1) is 6.92 Å². The molecule has 2 nitrogen and oxygen atoms in total. The topological polar surface area (TPSA) is 38.9 Å². The van der Waals surface area contributed by atoms with E-state index >= 15 is 0 Å². The van der Waals surface area contributed by atoms with Crippen molar-refractivity contribution < 1.29 is 13.2 Å². The summed E-state index contributed by atoms with van der Waals surface area (Å²) < 4.78 is 38.9. The number of alkyl halides is 3. The third kappa shape index (κ3) is 4.04. The number of hydrogen-bond acceptors (Lipinski definition) is 2. The molecule has 0 fully saturated rings. The summed E-state index contributed by atoms with van der Waals surface area (Å²) in [5, 5.41) is 0. The first-order chi connectivity index (χ1) is 9.77. The van der Waals surface area contributed by atoms with Crippen LogP contribution in [0.2, 0.25) is 0 Å². The van der Waals surface area contributed by atoms with Crippen LogP contribution < -0.4 is 5.73 Å². The Kier molecular flexibility index (Phi) is 4.68. The number of benzene rings is 1. The minimum absolute atomic E-state index is 0.375. The van der Waals surface area contributed by atoms with Crippen LogP contribution in [0.1, 0.15) is 28.4 Å². The molecule has 0 aliphatic carbocycles. The maximum atomic E-state index is 12.8. The van der Waals surface area contributed by atoms with Crippen LogP contribution in [0.15, 0.2) is 41.0 Å². The van der Waals surface area contributed by atoms with Gasteiger partial charge in [0.15, 0.2) is 0 Å². The fraction of sp³-hybridized carbons (Fsp3) is 0.267. The number of nitrogens with two attached hydrogens (primary N) is 1. The standard InChI is InChI=1S/C15H14BrF3N2/c1-9-2-4-11(21-8-9)7-14(20)12-6-10(15(17,18)19)3-5-13(12)16/h2-6,8,14H,7,20H2,1H3. The number of hydrogen-bond donors (Lipinski definition) is 1. The van der Waals surface area contributed by atoms with Gasteiger partial charge in [-0.3, -0.25) is 4.98 Å². The first kappa shape index (κ1) is 16.0. The highest BCUT2D eigenvalue weighted by atomic mass is 79.9. The van der Waals surface area contributed by atoms with Crippen molar-refractivity contribution in [3.05, 3.63) is 63.4 Å². The first-order valence-electron chi connectivity index (χ1n) is 6.31. The normalized spacial score (nSPS) is 13.2. The summed E-state index contributed by atoms with van der Waals surface area (Å²) in [6.45, 7) is 1.92. The molecule has 0 bridgehead atoms. The molecule has 0 radical (unpaired) electrons. The van der Waals surface area contributed by atoms with E-state index in [9.17, 15) is 13.2 Å². The van der Waals surface area contributed by atoms with Gasteiger partial charge in [0.05, 0.1) is 5.56 Å². The molecule has 0 saturated heterocycles. The lowest BCUT2D eigenvalue weighted by Gasteiger charge is -2.16. The largest absolute Gasteiger partial charge is 0.416 e. The van der Waals surface area contributed by atoms with Crippen LogP contribution in [-0.2, 0) is 12.6 Å². The second kappa shape index (κ2) is 6.15. The molecular weight excluding hydrogens is 345 g/mol. The molecule has 2 N–H and O–H groups in total. The highest BCUT2D eigenvalue weighted by Crippen LogP contribution is 2.34. The number of nitrogens with zero attached hydrogens (tertiary/aromatic N) is 1. The minimum Gasteiger partial charge on any atom is -0.324 e. The predicted molar refractivity (Wildman–Crippen MR) is 78.8 cm³/mol. The molecule has 0 aliphatic heterocycles. The summed E-state index contributed by atoms with van der Waals surface area (Å²) in [6.07, 6.45) is -2.29. The van der Waals surface area contributed by atoms with Gasteiger partial charge >= 0.3 is 6.18 Å². The van der Waals surface area contributed by atoms with Crippen molar-refractivity contribution in [3.63, 3.8) is 0 Å². The van der Waals surface area contributed by atoms with E-state index in [-0.39, 0.29) is 0 Å². The number of aromatic nitrogens is 1. The Morgan fingerprint density at radius 1 is 1.24 bits per heavy atom. The van der Waals surface area contributed by atoms with Crippen LogP contribution in [-0.4, -0.2) is 4.98 Å². The third-order valence-corrected chi connectivity index (χ3v) is 3.85.